The number of hydrogen-bond acceptors (Lipinski definition) is 6. The molecule has 0 spiro atoms. The van der Waals surface area contributed by atoms with Crippen LogP contribution in [0.15, 0.2) is 54.6 Å². The Hall–Kier alpha value is -4.61. The quantitative estimate of drug-likeness (QED) is 0.121. The molecule has 0 unspecified atom stereocenters. The number of carboxylic acid groups (broad SMARTS) is 2. The van der Waals surface area contributed by atoms with Crippen molar-refractivity contribution in [1.29, 1.82) is 0 Å². The van der Waals surface area contributed by atoms with Crippen molar-refractivity contribution in [3.05, 3.63) is 71.3 Å². The third kappa shape index (κ3) is 14.1. The monoisotopic (exact) mass is 584 g/mol. The summed E-state index contributed by atoms with van der Waals surface area (Å²) >= 11 is 0. The summed E-state index contributed by atoms with van der Waals surface area (Å²) in [4.78, 5) is 63.3. The van der Waals surface area contributed by atoms with Crippen LogP contribution in [0.25, 0.3) is 0 Å². The van der Waals surface area contributed by atoms with Crippen LogP contribution in [0.3, 0.4) is 0 Å². The molecule has 12 heteroatoms. The van der Waals surface area contributed by atoms with Gasteiger partial charge in [-0.25, -0.2) is 14.4 Å². The molecule has 12 nitrogen and oxygen atoms in total. The number of carbonyl (C=O) groups is 5. The van der Waals surface area contributed by atoms with Gasteiger partial charge in [-0.05, 0) is 61.6 Å². The van der Waals surface area contributed by atoms with Crippen molar-refractivity contribution in [2.24, 2.45) is 5.92 Å². The first-order valence-corrected chi connectivity index (χ1v) is 14.0. The molecule has 6 N–H and O–H groups in total. The fraction of sp³-hybridized carbons (Fsp3) is 0.433. The number of nitrogens with one attached hydrogen (secondary N) is 4. The van der Waals surface area contributed by atoms with Crippen molar-refractivity contribution < 1.29 is 39.0 Å². The lowest BCUT2D eigenvalue weighted by Crippen LogP contribution is -2.48. The van der Waals surface area contributed by atoms with Gasteiger partial charge in [-0.2, -0.15) is 5.48 Å². The van der Waals surface area contributed by atoms with Crippen LogP contribution >= 0.6 is 0 Å². The Morgan fingerprint density at radius 3 is 2.00 bits per heavy atom. The lowest BCUT2D eigenvalue weighted by Gasteiger charge is -2.18. The van der Waals surface area contributed by atoms with Crippen molar-refractivity contribution in [2.75, 3.05) is 13.1 Å². The molecular weight excluding hydrogens is 544 g/mol. The van der Waals surface area contributed by atoms with Crippen LogP contribution in [-0.2, 0) is 38.5 Å². The number of benzene rings is 2. The lowest BCUT2D eigenvalue weighted by atomic mass is 10.0. The molecule has 0 bridgehead atoms. The number of amides is 4. The highest BCUT2D eigenvalue weighted by Crippen LogP contribution is 2.11. The average molecular weight is 585 g/mol. The first-order chi connectivity index (χ1) is 20.1. The van der Waals surface area contributed by atoms with Crippen LogP contribution in [0.2, 0.25) is 0 Å². The maximum atomic E-state index is 12.4. The molecule has 2 atom stereocenters. The van der Waals surface area contributed by atoms with E-state index in [4.69, 9.17) is 15.1 Å². The molecule has 0 saturated heterocycles. The predicted octanol–water partition coefficient (Wildman–Crippen LogP) is 3.20. The fourth-order valence-corrected chi connectivity index (χ4v) is 4.10. The summed E-state index contributed by atoms with van der Waals surface area (Å²) in [6.45, 7) is 1.52. The molecule has 4 amide bonds. The predicted molar refractivity (Wildman–Crippen MR) is 154 cm³/mol. The van der Waals surface area contributed by atoms with Gasteiger partial charge in [0.2, 0.25) is 5.91 Å². The van der Waals surface area contributed by atoms with Crippen molar-refractivity contribution in [1.82, 2.24) is 21.4 Å². The van der Waals surface area contributed by atoms with Gasteiger partial charge in [0.25, 0.3) is 5.91 Å². The molecule has 0 fully saturated rings. The van der Waals surface area contributed by atoms with Gasteiger partial charge >= 0.3 is 18.2 Å². The van der Waals surface area contributed by atoms with Crippen molar-refractivity contribution in [3.63, 3.8) is 0 Å². The van der Waals surface area contributed by atoms with E-state index in [1.54, 1.807) is 0 Å². The van der Waals surface area contributed by atoms with Gasteiger partial charge in [0.1, 0.15) is 6.04 Å². The summed E-state index contributed by atoms with van der Waals surface area (Å²) in [5.74, 6) is -2.72. The highest BCUT2D eigenvalue weighted by atomic mass is 16.7. The lowest BCUT2D eigenvalue weighted by molar-refractivity contribution is -0.161. The first-order valence-electron chi connectivity index (χ1n) is 14.0. The van der Waals surface area contributed by atoms with E-state index in [1.807, 2.05) is 42.5 Å². The van der Waals surface area contributed by atoms with E-state index >= 15 is 0 Å². The van der Waals surface area contributed by atoms with Crippen LogP contribution in [0.1, 0.15) is 55.7 Å². The molecular formula is C30H40N4O8. The fourth-order valence-electron chi connectivity index (χ4n) is 4.10. The summed E-state index contributed by atoms with van der Waals surface area (Å²) in [6, 6.07) is 17.0. The number of unbranched alkanes of at least 4 members (excludes halogenated alkanes) is 2. The van der Waals surface area contributed by atoms with E-state index in [-0.39, 0.29) is 25.9 Å². The molecule has 2 rings (SSSR count). The second-order valence-corrected chi connectivity index (χ2v) is 10.0. The number of rotatable bonds is 17. The number of hydroxylamine groups is 1. The topological polar surface area (TPSA) is 183 Å². The summed E-state index contributed by atoms with van der Waals surface area (Å²) < 4.78 is 0. The minimum absolute atomic E-state index is 0.0250. The standard InChI is InChI=1S/C30H40N4O8/c1-21(20-32-27(36)25(33-30(40)41)13-7-8-18-31-29(38)39)28(37)42-34-26(35)19-24-16-14-23(15-17-24)12-6-5-11-22-9-3-2-4-10-22/h2-4,9-10,14-17,21,25,31,33H,5-8,11-13,18-20H2,1H3,(H,32,36)(H,34,35)(H,38,39)(H,40,41)/t21-,25-/m0/s1. The van der Waals surface area contributed by atoms with Gasteiger partial charge in [0, 0.05) is 13.1 Å². The highest BCUT2D eigenvalue weighted by Gasteiger charge is 2.23. The first kappa shape index (κ1) is 33.6. The van der Waals surface area contributed by atoms with E-state index in [0.29, 0.717) is 12.8 Å². The summed E-state index contributed by atoms with van der Waals surface area (Å²) in [5, 5.41) is 24.4. The molecule has 0 aliphatic rings. The summed E-state index contributed by atoms with van der Waals surface area (Å²) in [5.41, 5.74) is 5.42. The molecule has 0 saturated carbocycles. The number of aryl methyl sites for hydroxylation is 2. The van der Waals surface area contributed by atoms with Gasteiger partial charge < -0.3 is 31.0 Å². The Labute approximate surface area is 245 Å². The normalized spacial score (nSPS) is 11.9. The van der Waals surface area contributed by atoms with E-state index in [9.17, 15) is 24.0 Å². The molecule has 0 aliphatic heterocycles. The Morgan fingerprint density at radius 2 is 1.38 bits per heavy atom. The minimum atomic E-state index is -1.39. The van der Waals surface area contributed by atoms with Crippen LogP contribution < -0.4 is 21.4 Å². The second kappa shape index (κ2) is 18.7. The smallest absolute Gasteiger partial charge is 0.405 e. The molecule has 228 valence electrons. The van der Waals surface area contributed by atoms with Crippen molar-refractivity contribution in [3.8, 4) is 0 Å². The zero-order valence-electron chi connectivity index (χ0n) is 23.8. The third-order valence-electron chi connectivity index (χ3n) is 6.47. The molecule has 0 heterocycles. The third-order valence-corrected chi connectivity index (χ3v) is 6.47. The molecule has 0 aliphatic carbocycles. The Balaban J connectivity index is 1.66. The summed E-state index contributed by atoms with van der Waals surface area (Å²) in [6.07, 6.45) is 2.56. The maximum absolute atomic E-state index is 12.4. The minimum Gasteiger partial charge on any atom is -0.465 e. The Morgan fingerprint density at radius 1 is 0.762 bits per heavy atom. The summed E-state index contributed by atoms with van der Waals surface area (Å²) in [7, 11) is 0. The largest absolute Gasteiger partial charge is 0.465 e. The van der Waals surface area contributed by atoms with Crippen molar-refractivity contribution >= 4 is 30.0 Å². The molecule has 0 radical (unpaired) electrons. The van der Waals surface area contributed by atoms with E-state index in [0.717, 1.165) is 31.2 Å². The zero-order chi connectivity index (χ0) is 30.7. The number of hydrogen-bond donors (Lipinski definition) is 6. The Kier molecular flexibility index (Phi) is 14.9. The van der Waals surface area contributed by atoms with Gasteiger partial charge in [-0.15, -0.1) is 0 Å². The van der Waals surface area contributed by atoms with Crippen LogP contribution in [-0.4, -0.2) is 59.3 Å². The van der Waals surface area contributed by atoms with E-state index in [1.165, 1.54) is 18.1 Å². The van der Waals surface area contributed by atoms with Gasteiger partial charge in [-0.3, -0.25) is 9.59 Å². The number of carbonyl (C=O) groups excluding carboxylic acids is 3. The second-order valence-electron chi connectivity index (χ2n) is 10.0. The van der Waals surface area contributed by atoms with E-state index < -0.39 is 41.9 Å². The van der Waals surface area contributed by atoms with Crippen LogP contribution in [0.4, 0.5) is 9.59 Å². The maximum Gasteiger partial charge on any atom is 0.405 e. The van der Waals surface area contributed by atoms with Gasteiger partial charge in [0.15, 0.2) is 0 Å². The Bertz CT molecular complexity index is 1160. The molecule has 0 aromatic heterocycles. The van der Waals surface area contributed by atoms with Crippen molar-refractivity contribution in [2.45, 2.75) is 64.3 Å². The zero-order valence-corrected chi connectivity index (χ0v) is 23.8. The van der Waals surface area contributed by atoms with Crippen LogP contribution in [0.5, 0.6) is 0 Å². The molecule has 42 heavy (non-hydrogen) atoms. The highest BCUT2D eigenvalue weighted by molar-refractivity contribution is 5.86. The molecule has 2 aromatic carbocycles. The van der Waals surface area contributed by atoms with Gasteiger partial charge in [0.05, 0.1) is 12.3 Å². The van der Waals surface area contributed by atoms with Crippen LogP contribution in [0, 0.1) is 5.92 Å². The van der Waals surface area contributed by atoms with E-state index in [2.05, 4.69) is 33.6 Å². The average Bonchev–Trinajstić information content (AvgIpc) is 2.97. The SMILES string of the molecule is C[C@@H](CNC(=O)[C@H](CCCCNC(=O)O)NC(=O)O)C(=O)ONC(=O)Cc1ccc(CCCCc2ccccc2)cc1. The molecule has 2 aromatic rings. The van der Waals surface area contributed by atoms with Gasteiger partial charge in [-0.1, -0.05) is 61.5 Å².